The number of aliphatic imine (C=N–C) groups is 1. The van der Waals surface area contributed by atoms with Crippen LogP contribution in [0.2, 0.25) is 0 Å². The molecule has 2 aliphatic heterocycles. The van der Waals surface area contributed by atoms with Gasteiger partial charge >= 0.3 is 6.03 Å². The number of imide groups is 1. The first-order chi connectivity index (χ1) is 14.9. The Morgan fingerprint density at radius 3 is 2.35 bits per heavy atom. The zero-order valence-corrected chi connectivity index (χ0v) is 18.6. The molecule has 1 fully saturated rings. The van der Waals surface area contributed by atoms with E-state index >= 15 is 0 Å². The standard InChI is InChI=1S/C22H28N6O3/c1-6-15-12-16(7-2)28(24-15)21-23-19-18(25(21)3)20(29)27(22(30)26(19)4)13-14-8-10-17(31-5)11-9-14/h8-12,18-19H,6-7,13H2,1-5H3. The molecular weight excluding hydrogens is 396 g/mol. The van der Waals surface area contributed by atoms with Gasteiger partial charge in [0.15, 0.2) is 12.2 Å². The van der Waals surface area contributed by atoms with E-state index in [1.165, 1.54) is 9.80 Å². The first-order valence-corrected chi connectivity index (χ1v) is 10.5. The molecule has 0 bridgehead atoms. The molecule has 31 heavy (non-hydrogen) atoms. The van der Waals surface area contributed by atoms with Crippen molar-refractivity contribution in [2.45, 2.75) is 45.4 Å². The fourth-order valence-electron chi connectivity index (χ4n) is 4.09. The van der Waals surface area contributed by atoms with Crippen molar-refractivity contribution in [3.63, 3.8) is 0 Å². The van der Waals surface area contributed by atoms with Crippen LogP contribution in [0, 0.1) is 0 Å². The third-order valence-corrected chi connectivity index (χ3v) is 5.96. The summed E-state index contributed by atoms with van der Waals surface area (Å²) in [5.41, 5.74) is 2.85. The van der Waals surface area contributed by atoms with Crippen LogP contribution in [-0.2, 0) is 24.2 Å². The second-order valence-electron chi connectivity index (χ2n) is 7.81. The van der Waals surface area contributed by atoms with Gasteiger partial charge in [0.25, 0.3) is 5.91 Å². The van der Waals surface area contributed by atoms with Crippen molar-refractivity contribution >= 4 is 17.9 Å². The molecule has 9 nitrogen and oxygen atoms in total. The third-order valence-electron chi connectivity index (χ3n) is 5.96. The van der Waals surface area contributed by atoms with Gasteiger partial charge in [-0.15, -0.1) is 0 Å². The lowest BCUT2D eigenvalue weighted by Crippen LogP contribution is -2.64. The van der Waals surface area contributed by atoms with Crippen LogP contribution in [0.1, 0.15) is 30.8 Å². The topological polar surface area (TPSA) is 83.3 Å². The summed E-state index contributed by atoms with van der Waals surface area (Å²) < 4.78 is 6.99. The van der Waals surface area contributed by atoms with Crippen molar-refractivity contribution in [1.82, 2.24) is 24.5 Å². The number of aryl methyl sites for hydroxylation is 2. The molecule has 2 unspecified atom stereocenters. The number of urea groups is 1. The average molecular weight is 425 g/mol. The van der Waals surface area contributed by atoms with Crippen LogP contribution in [0.25, 0.3) is 0 Å². The third kappa shape index (κ3) is 3.43. The van der Waals surface area contributed by atoms with Gasteiger partial charge in [-0.2, -0.15) is 5.10 Å². The van der Waals surface area contributed by atoms with E-state index in [-0.39, 0.29) is 18.5 Å². The van der Waals surface area contributed by atoms with E-state index in [0.29, 0.717) is 5.96 Å². The molecule has 2 aliphatic rings. The summed E-state index contributed by atoms with van der Waals surface area (Å²) in [5.74, 6) is 1.06. The molecule has 3 heterocycles. The van der Waals surface area contributed by atoms with Crippen LogP contribution in [0.3, 0.4) is 0 Å². The zero-order valence-electron chi connectivity index (χ0n) is 18.6. The van der Waals surface area contributed by atoms with Gasteiger partial charge in [-0.3, -0.25) is 9.69 Å². The van der Waals surface area contributed by atoms with Crippen LogP contribution in [-0.4, -0.2) is 75.8 Å². The molecule has 2 aromatic rings. The highest BCUT2D eigenvalue weighted by Gasteiger charge is 2.51. The van der Waals surface area contributed by atoms with Crippen molar-refractivity contribution in [1.29, 1.82) is 0 Å². The van der Waals surface area contributed by atoms with Crippen molar-refractivity contribution in [2.75, 3.05) is 21.2 Å². The molecule has 4 rings (SSSR count). The quantitative estimate of drug-likeness (QED) is 0.733. The SMILES string of the molecule is CCc1cc(CC)n(C2=NC3C(C(=O)N(Cc4ccc(OC)cc4)C(=O)N3C)N2C)n1. The van der Waals surface area contributed by atoms with Crippen molar-refractivity contribution in [2.24, 2.45) is 4.99 Å². The average Bonchev–Trinajstić information content (AvgIpc) is 3.36. The Hall–Kier alpha value is -3.36. The summed E-state index contributed by atoms with van der Waals surface area (Å²) in [7, 11) is 5.13. The van der Waals surface area contributed by atoms with Crippen LogP contribution in [0.5, 0.6) is 5.75 Å². The maximum atomic E-state index is 13.4. The lowest BCUT2D eigenvalue weighted by molar-refractivity contribution is -0.137. The fraction of sp³-hybridized carbons (Fsp3) is 0.455. The lowest BCUT2D eigenvalue weighted by Gasteiger charge is -2.40. The Morgan fingerprint density at radius 2 is 1.74 bits per heavy atom. The number of amides is 3. The Kier molecular flexibility index (Phi) is 5.43. The number of likely N-dealkylation sites (N-methyl/N-ethyl adjacent to an activating group) is 2. The summed E-state index contributed by atoms with van der Waals surface area (Å²) in [6.45, 7) is 4.31. The Morgan fingerprint density at radius 1 is 1.03 bits per heavy atom. The van der Waals surface area contributed by atoms with Crippen LogP contribution in [0.4, 0.5) is 4.79 Å². The van der Waals surface area contributed by atoms with Gasteiger partial charge in [0, 0.05) is 19.8 Å². The molecule has 1 aromatic heterocycles. The molecule has 0 N–H and O–H groups in total. The zero-order chi connectivity index (χ0) is 22.3. The number of nitrogens with zero attached hydrogens (tertiary/aromatic N) is 6. The van der Waals surface area contributed by atoms with Gasteiger partial charge in [-0.1, -0.05) is 26.0 Å². The first kappa shape index (κ1) is 20.9. The molecule has 164 valence electrons. The largest absolute Gasteiger partial charge is 0.497 e. The minimum absolute atomic E-state index is 0.195. The minimum Gasteiger partial charge on any atom is -0.497 e. The van der Waals surface area contributed by atoms with Crippen LogP contribution in [0.15, 0.2) is 35.3 Å². The van der Waals surface area contributed by atoms with E-state index in [0.717, 1.165) is 35.5 Å². The number of hydrogen-bond donors (Lipinski definition) is 0. The van der Waals surface area contributed by atoms with Gasteiger partial charge in [-0.05, 0) is 36.6 Å². The van der Waals surface area contributed by atoms with Crippen LogP contribution >= 0.6 is 0 Å². The number of carbonyl (C=O) groups is 2. The van der Waals surface area contributed by atoms with Gasteiger partial charge in [0.2, 0.25) is 5.96 Å². The van der Waals surface area contributed by atoms with E-state index in [4.69, 9.17) is 9.73 Å². The molecule has 0 spiro atoms. The summed E-state index contributed by atoms with van der Waals surface area (Å²) in [6, 6.07) is 8.47. The molecule has 1 aromatic carbocycles. The number of benzene rings is 1. The maximum absolute atomic E-state index is 13.4. The van der Waals surface area contributed by atoms with E-state index in [9.17, 15) is 9.59 Å². The van der Waals surface area contributed by atoms with E-state index in [1.54, 1.807) is 18.8 Å². The summed E-state index contributed by atoms with van der Waals surface area (Å²) in [4.78, 5) is 35.8. The van der Waals surface area contributed by atoms with E-state index < -0.39 is 12.2 Å². The monoisotopic (exact) mass is 424 g/mol. The fourth-order valence-corrected chi connectivity index (χ4v) is 4.09. The highest BCUT2D eigenvalue weighted by molar-refractivity contribution is 6.03. The number of methoxy groups -OCH3 is 1. The van der Waals surface area contributed by atoms with Gasteiger partial charge in [0.1, 0.15) is 5.75 Å². The summed E-state index contributed by atoms with van der Waals surface area (Å²) in [5, 5.41) is 4.67. The normalized spacial score (nSPS) is 20.9. The highest BCUT2D eigenvalue weighted by Crippen LogP contribution is 2.29. The predicted molar refractivity (Wildman–Crippen MR) is 116 cm³/mol. The number of fused-ring (bicyclic) bond motifs is 1. The molecule has 0 radical (unpaired) electrons. The Bertz CT molecular complexity index is 1030. The van der Waals surface area contributed by atoms with Crippen molar-refractivity contribution in [3.8, 4) is 5.75 Å². The lowest BCUT2D eigenvalue weighted by atomic mass is 10.1. The van der Waals surface area contributed by atoms with Gasteiger partial charge in [-0.25, -0.2) is 14.5 Å². The molecule has 2 atom stereocenters. The molecule has 0 aliphatic carbocycles. The summed E-state index contributed by atoms with van der Waals surface area (Å²) in [6.07, 6.45) is 1.03. The van der Waals surface area contributed by atoms with Crippen LogP contribution < -0.4 is 4.74 Å². The Labute approximate surface area is 181 Å². The first-order valence-electron chi connectivity index (χ1n) is 10.5. The molecule has 0 saturated carbocycles. The summed E-state index contributed by atoms with van der Waals surface area (Å²) >= 11 is 0. The Balaban J connectivity index is 1.63. The number of rotatable bonds is 5. The molecule has 1 saturated heterocycles. The second kappa shape index (κ2) is 8.05. The number of aromatic nitrogens is 2. The molecule has 3 amide bonds. The maximum Gasteiger partial charge on any atom is 0.328 e. The second-order valence-corrected chi connectivity index (χ2v) is 7.81. The highest BCUT2D eigenvalue weighted by atomic mass is 16.5. The van der Waals surface area contributed by atoms with Gasteiger partial charge < -0.3 is 14.5 Å². The van der Waals surface area contributed by atoms with E-state index in [2.05, 4.69) is 25.0 Å². The van der Waals surface area contributed by atoms with Crippen molar-refractivity contribution in [3.05, 3.63) is 47.3 Å². The number of carbonyl (C=O) groups excluding carboxylic acids is 2. The smallest absolute Gasteiger partial charge is 0.328 e. The number of hydrogen-bond acceptors (Lipinski definition) is 6. The van der Waals surface area contributed by atoms with Gasteiger partial charge in [0.05, 0.1) is 19.3 Å². The minimum atomic E-state index is -0.588. The van der Waals surface area contributed by atoms with E-state index in [1.807, 2.05) is 36.2 Å². The van der Waals surface area contributed by atoms with Crippen molar-refractivity contribution < 1.29 is 14.3 Å². The molecular formula is C22H28N6O3. The number of ether oxygens (including phenoxy) is 1. The molecule has 9 heteroatoms. The predicted octanol–water partition coefficient (Wildman–Crippen LogP) is 1.95.